The van der Waals surface area contributed by atoms with Gasteiger partial charge in [0.05, 0.1) is 5.56 Å². The molecule has 2 aromatic carbocycles. The van der Waals surface area contributed by atoms with Crippen LogP contribution in [-0.2, 0) is 0 Å². The Morgan fingerprint density at radius 2 is 1.58 bits per heavy atom. The van der Waals surface area contributed by atoms with Crippen molar-refractivity contribution in [3.63, 3.8) is 0 Å². The van der Waals surface area contributed by atoms with E-state index in [4.69, 9.17) is 0 Å². The van der Waals surface area contributed by atoms with Crippen molar-refractivity contribution in [3.8, 4) is 0 Å². The molecule has 0 bridgehead atoms. The number of benzene rings is 2. The molecular weight excluding hydrogens is 256 g/mol. The number of ketones is 2. The van der Waals surface area contributed by atoms with E-state index in [1.54, 1.807) is 17.4 Å². The molecule has 19 heavy (non-hydrogen) atoms. The molecule has 0 saturated carbocycles. The molecule has 0 fully saturated rings. The zero-order valence-electron chi connectivity index (χ0n) is 9.84. The van der Waals surface area contributed by atoms with E-state index in [9.17, 15) is 9.59 Å². The number of fused-ring (bicyclic) bond motifs is 5. The molecule has 90 valence electrons. The van der Waals surface area contributed by atoms with Crippen LogP contribution in [0.3, 0.4) is 0 Å². The van der Waals surface area contributed by atoms with Gasteiger partial charge in [-0.1, -0.05) is 24.3 Å². The lowest BCUT2D eigenvalue weighted by Gasteiger charge is -2.09. The quantitative estimate of drug-likeness (QED) is 0.615. The molecule has 1 aliphatic carbocycles. The van der Waals surface area contributed by atoms with Crippen LogP contribution in [0.5, 0.6) is 0 Å². The van der Waals surface area contributed by atoms with Gasteiger partial charge in [0, 0.05) is 25.7 Å². The monoisotopic (exact) mass is 264 g/mol. The molecule has 3 aromatic rings. The molecule has 2 nitrogen and oxygen atoms in total. The van der Waals surface area contributed by atoms with E-state index >= 15 is 0 Å². The van der Waals surface area contributed by atoms with Crippen LogP contribution in [0.15, 0.2) is 48.6 Å². The number of carbonyl (C=O) groups excluding carboxylic acids is 2. The van der Waals surface area contributed by atoms with Gasteiger partial charge in [-0.2, -0.15) is 0 Å². The summed E-state index contributed by atoms with van der Waals surface area (Å²) < 4.78 is 2.06. The summed E-state index contributed by atoms with van der Waals surface area (Å²) in [7, 11) is 0. The number of rotatable bonds is 0. The Bertz CT molecular complexity index is 900. The second kappa shape index (κ2) is 3.62. The van der Waals surface area contributed by atoms with Crippen LogP contribution < -0.4 is 0 Å². The number of thiophene rings is 1. The Labute approximate surface area is 113 Å². The predicted molar refractivity (Wildman–Crippen MR) is 77.1 cm³/mol. The SMILES string of the molecule is O=C1C=CC(=O)c2c1ccc1c2sc2ccccc21. The Balaban J connectivity index is 2.23. The number of hydrogen-bond acceptors (Lipinski definition) is 3. The van der Waals surface area contributed by atoms with Crippen molar-refractivity contribution in [1.29, 1.82) is 0 Å². The van der Waals surface area contributed by atoms with Crippen molar-refractivity contribution in [3.05, 3.63) is 59.7 Å². The van der Waals surface area contributed by atoms with E-state index < -0.39 is 0 Å². The highest BCUT2D eigenvalue weighted by Crippen LogP contribution is 2.38. The zero-order valence-corrected chi connectivity index (χ0v) is 10.7. The first kappa shape index (κ1) is 10.6. The zero-order chi connectivity index (χ0) is 13.0. The van der Waals surface area contributed by atoms with Gasteiger partial charge < -0.3 is 0 Å². The van der Waals surface area contributed by atoms with Gasteiger partial charge in [-0.05, 0) is 24.3 Å². The Morgan fingerprint density at radius 1 is 0.789 bits per heavy atom. The third kappa shape index (κ3) is 1.36. The van der Waals surface area contributed by atoms with E-state index in [1.165, 1.54) is 12.2 Å². The van der Waals surface area contributed by atoms with E-state index in [0.717, 1.165) is 20.2 Å². The molecule has 0 saturated heterocycles. The minimum absolute atomic E-state index is 0.0771. The van der Waals surface area contributed by atoms with Crippen molar-refractivity contribution in [2.75, 3.05) is 0 Å². The van der Waals surface area contributed by atoms with E-state index in [2.05, 4.69) is 0 Å². The summed E-state index contributed by atoms with van der Waals surface area (Å²) in [5.41, 5.74) is 1.08. The van der Waals surface area contributed by atoms with Gasteiger partial charge in [0.25, 0.3) is 0 Å². The van der Waals surface area contributed by atoms with Crippen molar-refractivity contribution in [2.24, 2.45) is 0 Å². The topological polar surface area (TPSA) is 34.1 Å². The molecule has 0 unspecified atom stereocenters. The highest BCUT2D eigenvalue weighted by molar-refractivity contribution is 7.26. The van der Waals surface area contributed by atoms with Crippen LogP contribution in [0.4, 0.5) is 0 Å². The highest BCUT2D eigenvalue weighted by Gasteiger charge is 2.23. The molecule has 0 N–H and O–H groups in total. The second-order valence-corrected chi connectivity index (χ2v) is 5.58. The largest absolute Gasteiger partial charge is 0.289 e. The summed E-state index contributed by atoms with van der Waals surface area (Å²) in [6.07, 6.45) is 2.72. The standard InChI is InChI=1S/C16H8O2S/c17-12-7-8-13(18)15-11(12)6-5-10-9-3-1-2-4-14(9)19-16(10)15/h1-8H. The fraction of sp³-hybridized carbons (Fsp3) is 0. The van der Waals surface area contributed by atoms with Crippen molar-refractivity contribution in [2.45, 2.75) is 0 Å². The van der Waals surface area contributed by atoms with E-state index in [-0.39, 0.29) is 11.6 Å². The van der Waals surface area contributed by atoms with E-state index in [1.807, 2.05) is 30.3 Å². The lowest BCUT2D eigenvalue weighted by Crippen LogP contribution is -2.11. The molecular formula is C16H8O2S. The van der Waals surface area contributed by atoms with Gasteiger partial charge in [-0.15, -0.1) is 11.3 Å². The molecule has 0 aliphatic heterocycles. The lowest BCUT2D eigenvalue weighted by molar-refractivity contribution is 0.0995. The van der Waals surface area contributed by atoms with Gasteiger partial charge in [0.2, 0.25) is 0 Å². The number of allylic oxidation sites excluding steroid dienone is 2. The first-order chi connectivity index (χ1) is 9.25. The maximum absolute atomic E-state index is 12.1. The normalized spacial score (nSPS) is 14.3. The number of hydrogen-bond donors (Lipinski definition) is 0. The third-order valence-electron chi connectivity index (χ3n) is 3.44. The Kier molecular flexibility index (Phi) is 2.03. The van der Waals surface area contributed by atoms with Crippen LogP contribution in [0, 0.1) is 0 Å². The molecule has 3 heteroatoms. The first-order valence-electron chi connectivity index (χ1n) is 5.97. The van der Waals surface area contributed by atoms with Crippen molar-refractivity contribution < 1.29 is 9.59 Å². The fourth-order valence-corrected chi connectivity index (χ4v) is 3.82. The smallest absolute Gasteiger partial charge is 0.188 e. The van der Waals surface area contributed by atoms with Gasteiger partial charge in [0.1, 0.15) is 0 Å². The predicted octanol–water partition coefficient (Wildman–Crippen LogP) is 3.99. The third-order valence-corrected chi connectivity index (χ3v) is 4.65. The summed E-state index contributed by atoms with van der Waals surface area (Å²) in [5, 5.41) is 2.19. The highest BCUT2D eigenvalue weighted by atomic mass is 32.1. The van der Waals surface area contributed by atoms with Gasteiger partial charge in [-0.25, -0.2) is 0 Å². The lowest BCUT2D eigenvalue weighted by atomic mass is 9.93. The van der Waals surface area contributed by atoms with E-state index in [0.29, 0.717) is 11.1 Å². The molecule has 0 spiro atoms. The molecule has 1 aliphatic rings. The molecule has 1 heterocycles. The van der Waals surface area contributed by atoms with Gasteiger partial charge in [0.15, 0.2) is 11.6 Å². The van der Waals surface area contributed by atoms with Crippen LogP contribution in [-0.4, -0.2) is 11.6 Å². The summed E-state index contributed by atoms with van der Waals surface area (Å²) in [4.78, 5) is 23.9. The molecule has 0 atom stereocenters. The van der Waals surface area contributed by atoms with Gasteiger partial charge >= 0.3 is 0 Å². The van der Waals surface area contributed by atoms with Crippen LogP contribution in [0.2, 0.25) is 0 Å². The number of carbonyl (C=O) groups is 2. The average molecular weight is 264 g/mol. The fourth-order valence-electron chi connectivity index (χ4n) is 2.56. The first-order valence-corrected chi connectivity index (χ1v) is 6.78. The minimum atomic E-state index is -0.0889. The Hall–Kier alpha value is -2.26. The van der Waals surface area contributed by atoms with Gasteiger partial charge in [-0.3, -0.25) is 9.59 Å². The summed E-state index contributed by atoms with van der Waals surface area (Å²) >= 11 is 1.58. The maximum Gasteiger partial charge on any atom is 0.188 e. The molecule has 0 radical (unpaired) electrons. The molecule has 0 amide bonds. The van der Waals surface area contributed by atoms with Crippen molar-refractivity contribution >= 4 is 43.1 Å². The summed E-state index contributed by atoms with van der Waals surface area (Å²) in [6, 6.07) is 11.8. The van der Waals surface area contributed by atoms with Crippen LogP contribution in [0.1, 0.15) is 20.7 Å². The Morgan fingerprint density at radius 3 is 2.47 bits per heavy atom. The van der Waals surface area contributed by atoms with Crippen LogP contribution in [0.25, 0.3) is 20.2 Å². The molecule has 4 rings (SSSR count). The second-order valence-electron chi connectivity index (χ2n) is 4.52. The maximum atomic E-state index is 12.1. The molecule has 1 aromatic heterocycles. The average Bonchev–Trinajstić information content (AvgIpc) is 2.81. The minimum Gasteiger partial charge on any atom is -0.289 e. The summed E-state index contributed by atoms with van der Waals surface area (Å²) in [5.74, 6) is -0.166. The van der Waals surface area contributed by atoms with Crippen LogP contribution >= 0.6 is 11.3 Å². The summed E-state index contributed by atoms with van der Waals surface area (Å²) in [6.45, 7) is 0. The van der Waals surface area contributed by atoms with Crippen molar-refractivity contribution in [1.82, 2.24) is 0 Å².